The number of pyridine rings is 1. The Labute approximate surface area is 145 Å². The Hall–Kier alpha value is -2.36. The second kappa shape index (κ2) is 6.82. The van der Waals surface area contributed by atoms with Crippen molar-refractivity contribution in [2.24, 2.45) is 0 Å². The number of nitrogens with zero attached hydrogens (tertiary/aromatic N) is 5. The predicted octanol–water partition coefficient (Wildman–Crippen LogP) is 2.45. The lowest BCUT2D eigenvalue weighted by molar-refractivity contribution is 0.0593. The lowest BCUT2D eigenvalue weighted by Gasteiger charge is -2.05. The van der Waals surface area contributed by atoms with Crippen molar-refractivity contribution in [1.82, 2.24) is 25.0 Å². The molecule has 3 rings (SSSR count). The SMILES string of the molecule is COC(=O)c1cc(-c2ccccn2)n(-c2ccc(CI)nn2)n1. The van der Waals surface area contributed by atoms with Crippen molar-refractivity contribution in [2.75, 3.05) is 7.11 Å². The number of methoxy groups -OCH3 is 1. The Morgan fingerprint density at radius 1 is 1.26 bits per heavy atom. The fourth-order valence-electron chi connectivity index (χ4n) is 1.99. The van der Waals surface area contributed by atoms with Gasteiger partial charge in [-0.05, 0) is 24.3 Å². The van der Waals surface area contributed by atoms with E-state index in [2.05, 4.69) is 42.9 Å². The number of alkyl halides is 1. The first-order valence-electron chi connectivity index (χ1n) is 6.71. The molecule has 0 N–H and O–H groups in total. The van der Waals surface area contributed by atoms with Crippen LogP contribution in [0.1, 0.15) is 16.2 Å². The summed E-state index contributed by atoms with van der Waals surface area (Å²) < 4.78 is 7.05. The average Bonchev–Trinajstić information content (AvgIpc) is 3.07. The van der Waals surface area contributed by atoms with Gasteiger partial charge in [0, 0.05) is 16.7 Å². The molecule has 116 valence electrons. The number of carbonyl (C=O) groups excluding carboxylic acids is 1. The van der Waals surface area contributed by atoms with E-state index in [0.29, 0.717) is 17.2 Å². The lowest BCUT2D eigenvalue weighted by atomic mass is 10.2. The summed E-state index contributed by atoms with van der Waals surface area (Å²) >= 11 is 2.22. The van der Waals surface area contributed by atoms with Crippen molar-refractivity contribution in [1.29, 1.82) is 0 Å². The molecule has 0 aliphatic carbocycles. The van der Waals surface area contributed by atoms with Crippen molar-refractivity contribution in [3.8, 4) is 17.2 Å². The number of carbonyl (C=O) groups is 1. The molecule has 0 bridgehead atoms. The fraction of sp³-hybridized carbons (Fsp3) is 0.133. The normalized spacial score (nSPS) is 10.5. The quantitative estimate of drug-likeness (QED) is 0.366. The second-order valence-corrected chi connectivity index (χ2v) is 5.31. The summed E-state index contributed by atoms with van der Waals surface area (Å²) in [5.74, 6) is -0.00724. The zero-order chi connectivity index (χ0) is 16.2. The third-order valence-electron chi connectivity index (χ3n) is 3.09. The maximum atomic E-state index is 11.8. The molecule has 23 heavy (non-hydrogen) atoms. The molecular weight excluding hydrogens is 409 g/mol. The van der Waals surface area contributed by atoms with E-state index in [-0.39, 0.29) is 5.69 Å². The summed E-state index contributed by atoms with van der Waals surface area (Å²) in [6.07, 6.45) is 1.68. The Balaban J connectivity index is 2.13. The van der Waals surface area contributed by atoms with Gasteiger partial charge in [-0.15, -0.1) is 5.10 Å². The molecule has 3 heterocycles. The highest BCUT2D eigenvalue weighted by Crippen LogP contribution is 2.21. The molecule has 0 radical (unpaired) electrons. The van der Waals surface area contributed by atoms with Gasteiger partial charge in [-0.1, -0.05) is 28.7 Å². The van der Waals surface area contributed by atoms with Gasteiger partial charge in [-0.2, -0.15) is 10.2 Å². The smallest absolute Gasteiger partial charge is 0.358 e. The van der Waals surface area contributed by atoms with E-state index >= 15 is 0 Å². The summed E-state index contributed by atoms with van der Waals surface area (Å²) in [7, 11) is 1.32. The van der Waals surface area contributed by atoms with Gasteiger partial charge >= 0.3 is 5.97 Å². The molecule has 8 heteroatoms. The summed E-state index contributed by atoms with van der Waals surface area (Å²) in [6, 6.07) is 10.8. The summed E-state index contributed by atoms with van der Waals surface area (Å²) in [6.45, 7) is 0. The van der Waals surface area contributed by atoms with E-state index in [1.165, 1.54) is 7.11 Å². The highest BCUT2D eigenvalue weighted by atomic mass is 127. The maximum absolute atomic E-state index is 11.8. The fourth-order valence-corrected chi connectivity index (χ4v) is 2.40. The zero-order valence-corrected chi connectivity index (χ0v) is 14.3. The maximum Gasteiger partial charge on any atom is 0.358 e. The highest BCUT2D eigenvalue weighted by Gasteiger charge is 2.18. The van der Waals surface area contributed by atoms with Crippen LogP contribution >= 0.6 is 22.6 Å². The van der Waals surface area contributed by atoms with Gasteiger partial charge in [0.25, 0.3) is 0 Å². The van der Waals surface area contributed by atoms with Crippen LogP contribution in [0.15, 0.2) is 42.6 Å². The van der Waals surface area contributed by atoms with Crippen molar-refractivity contribution in [3.05, 3.63) is 54.0 Å². The topological polar surface area (TPSA) is 82.8 Å². The Morgan fingerprint density at radius 3 is 2.74 bits per heavy atom. The average molecular weight is 421 g/mol. The van der Waals surface area contributed by atoms with E-state index in [1.54, 1.807) is 16.9 Å². The molecule has 0 saturated carbocycles. The van der Waals surface area contributed by atoms with Crippen LogP contribution in [-0.2, 0) is 9.16 Å². The first-order chi connectivity index (χ1) is 11.2. The van der Waals surface area contributed by atoms with Crippen LogP contribution in [0.2, 0.25) is 0 Å². The van der Waals surface area contributed by atoms with Crippen LogP contribution in [0.4, 0.5) is 0 Å². The molecule has 0 spiro atoms. The molecule has 0 atom stereocenters. The van der Waals surface area contributed by atoms with E-state index in [4.69, 9.17) is 4.74 Å². The molecular formula is C15H12IN5O2. The minimum atomic E-state index is -0.516. The first kappa shape index (κ1) is 15.5. The van der Waals surface area contributed by atoms with Gasteiger partial charge in [-0.25, -0.2) is 9.48 Å². The number of esters is 1. The van der Waals surface area contributed by atoms with Gasteiger partial charge in [-0.3, -0.25) is 4.98 Å². The van der Waals surface area contributed by atoms with Gasteiger partial charge < -0.3 is 4.74 Å². The predicted molar refractivity (Wildman–Crippen MR) is 91.4 cm³/mol. The molecule has 3 aromatic heterocycles. The van der Waals surface area contributed by atoms with Crippen molar-refractivity contribution < 1.29 is 9.53 Å². The van der Waals surface area contributed by atoms with E-state index < -0.39 is 5.97 Å². The van der Waals surface area contributed by atoms with Crippen LogP contribution in [0.25, 0.3) is 17.2 Å². The summed E-state index contributed by atoms with van der Waals surface area (Å²) in [5, 5.41) is 12.6. The third kappa shape index (κ3) is 3.21. The molecule has 0 unspecified atom stereocenters. The number of aromatic nitrogens is 5. The Kier molecular flexibility index (Phi) is 4.60. The Morgan fingerprint density at radius 2 is 2.13 bits per heavy atom. The van der Waals surface area contributed by atoms with E-state index in [9.17, 15) is 4.79 Å². The highest BCUT2D eigenvalue weighted by molar-refractivity contribution is 14.1. The van der Waals surface area contributed by atoms with Crippen molar-refractivity contribution in [2.45, 2.75) is 4.43 Å². The molecule has 3 aromatic rings. The second-order valence-electron chi connectivity index (χ2n) is 4.55. The number of rotatable bonds is 4. The number of ether oxygens (including phenoxy) is 1. The van der Waals surface area contributed by atoms with Crippen LogP contribution in [0.3, 0.4) is 0 Å². The van der Waals surface area contributed by atoms with Crippen LogP contribution in [0, 0.1) is 0 Å². The molecule has 0 aliphatic heterocycles. The van der Waals surface area contributed by atoms with Crippen LogP contribution < -0.4 is 0 Å². The van der Waals surface area contributed by atoms with E-state index in [1.807, 2.05) is 30.3 Å². The first-order valence-corrected chi connectivity index (χ1v) is 8.24. The van der Waals surface area contributed by atoms with Crippen molar-refractivity contribution >= 4 is 28.6 Å². The Bertz CT molecular complexity index is 818. The standard InChI is InChI=1S/C15H12IN5O2/c1-23-15(22)12-8-13(11-4-2-3-7-17-11)21(20-12)14-6-5-10(9-16)18-19-14/h2-8H,9H2,1H3. The molecule has 0 amide bonds. The van der Waals surface area contributed by atoms with Crippen LogP contribution in [-0.4, -0.2) is 38.0 Å². The summed E-state index contributed by atoms with van der Waals surface area (Å²) in [5.41, 5.74) is 2.37. The van der Waals surface area contributed by atoms with Gasteiger partial charge in [0.05, 0.1) is 24.2 Å². The molecule has 0 saturated heterocycles. The van der Waals surface area contributed by atoms with Gasteiger partial charge in [0.15, 0.2) is 11.5 Å². The minimum absolute atomic E-state index is 0.188. The monoisotopic (exact) mass is 421 g/mol. The molecule has 0 aliphatic rings. The third-order valence-corrected chi connectivity index (χ3v) is 3.87. The number of hydrogen-bond acceptors (Lipinski definition) is 6. The number of halogens is 1. The zero-order valence-electron chi connectivity index (χ0n) is 12.2. The van der Waals surface area contributed by atoms with E-state index in [0.717, 1.165) is 10.1 Å². The van der Waals surface area contributed by atoms with Gasteiger partial charge in [0.2, 0.25) is 0 Å². The largest absolute Gasteiger partial charge is 0.464 e. The summed E-state index contributed by atoms with van der Waals surface area (Å²) in [4.78, 5) is 16.1. The number of hydrogen-bond donors (Lipinski definition) is 0. The molecule has 0 fully saturated rings. The minimum Gasteiger partial charge on any atom is -0.464 e. The molecule has 0 aromatic carbocycles. The lowest BCUT2D eigenvalue weighted by Crippen LogP contribution is -2.07. The van der Waals surface area contributed by atoms with Crippen LogP contribution in [0.5, 0.6) is 0 Å². The van der Waals surface area contributed by atoms with Crippen molar-refractivity contribution in [3.63, 3.8) is 0 Å². The molecule has 7 nitrogen and oxygen atoms in total. The van der Waals surface area contributed by atoms with Gasteiger partial charge in [0.1, 0.15) is 0 Å².